The Morgan fingerprint density at radius 3 is 2.65 bits per heavy atom. The second-order valence-electron chi connectivity index (χ2n) is 3.46. The third-order valence-electron chi connectivity index (χ3n) is 2.01. The quantitative estimate of drug-likeness (QED) is 0.771. The molecule has 0 aliphatic heterocycles. The lowest BCUT2D eigenvalue weighted by Crippen LogP contribution is -2.07. The Labute approximate surface area is 98.3 Å². The van der Waals surface area contributed by atoms with E-state index in [-0.39, 0.29) is 18.0 Å². The van der Waals surface area contributed by atoms with Crippen LogP contribution >= 0.6 is 0 Å². The number of rotatable bonds is 6. The molecule has 0 saturated heterocycles. The smallest absolute Gasteiger partial charge is 0.387 e. The van der Waals surface area contributed by atoms with E-state index in [1.807, 2.05) is 0 Å². The van der Waals surface area contributed by atoms with Gasteiger partial charge in [0.2, 0.25) is 0 Å². The molecule has 0 aliphatic rings. The first-order valence-corrected chi connectivity index (χ1v) is 5.23. The first-order valence-electron chi connectivity index (χ1n) is 5.23. The highest BCUT2D eigenvalue weighted by Crippen LogP contribution is 2.27. The number of ketones is 1. The maximum Gasteiger partial charge on any atom is 0.387 e. The van der Waals surface area contributed by atoms with Gasteiger partial charge >= 0.3 is 6.61 Å². The van der Waals surface area contributed by atoms with E-state index in [9.17, 15) is 13.6 Å². The normalized spacial score (nSPS) is 10.4. The Hall–Kier alpha value is -1.65. The summed E-state index contributed by atoms with van der Waals surface area (Å²) >= 11 is 0. The van der Waals surface area contributed by atoms with Crippen LogP contribution in [0.15, 0.2) is 18.2 Å². The van der Waals surface area contributed by atoms with Gasteiger partial charge in [0.05, 0.1) is 6.61 Å². The zero-order valence-corrected chi connectivity index (χ0v) is 9.70. The maximum atomic E-state index is 12.2. The molecule has 3 nitrogen and oxygen atoms in total. The number of Topliss-reactive ketones (excluding diaryl/α,β-unsaturated/α-hetero) is 1. The molecule has 0 atom stereocenters. The van der Waals surface area contributed by atoms with E-state index in [1.54, 1.807) is 19.1 Å². The van der Waals surface area contributed by atoms with Crippen LogP contribution in [0.5, 0.6) is 11.5 Å². The molecule has 0 aliphatic carbocycles. The van der Waals surface area contributed by atoms with Crippen LogP contribution in [0.3, 0.4) is 0 Å². The first-order chi connectivity index (χ1) is 8.02. The van der Waals surface area contributed by atoms with E-state index < -0.39 is 6.61 Å². The molecule has 0 N–H and O–H groups in total. The first kappa shape index (κ1) is 13.4. The number of halogens is 2. The van der Waals surface area contributed by atoms with Gasteiger partial charge in [0, 0.05) is 18.1 Å². The lowest BCUT2D eigenvalue weighted by molar-refractivity contribution is -0.116. The molecule has 0 amide bonds. The highest BCUT2D eigenvalue weighted by molar-refractivity contribution is 5.79. The SMILES string of the molecule is CCOc1ccc(CC(C)=O)c(OC(F)F)c1. The van der Waals surface area contributed by atoms with Crippen molar-refractivity contribution in [2.45, 2.75) is 26.9 Å². The zero-order chi connectivity index (χ0) is 12.8. The van der Waals surface area contributed by atoms with Crippen LogP contribution in [0.25, 0.3) is 0 Å². The molecule has 94 valence electrons. The fraction of sp³-hybridized carbons (Fsp3) is 0.417. The molecule has 0 bridgehead atoms. The number of benzene rings is 1. The minimum Gasteiger partial charge on any atom is -0.494 e. The molecule has 0 heterocycles. The van der Waals surface area contributed by atoms with Crippen LogP contribution in [-0.2, 0) is 11.2 Å². The average molecular weight is 244 g/mol. The number of hydrogen-bond donors (Lipinski definition) is 0. The van der Waals surface area contributed by atoms with Gasteiger partial charge in [-0.1, -0.05) is 6.07 Å². The largest absolute Gasteiger partial charge is 0.494 e. The number of alkyl halides is 2. The van der Waals surface area contributed by atoms with E-state index in [1.165, 1.54) is 13.0 Å². The van der Waals surface area contributed by atoms with Crippen LogP contribution in [-0.4, -0.2) is 19.0 Å². The molecule has 0 unspecified atom stereocenters. The monoisotopic (exact) mass is 244 g/mol. The summed E-state index contributed by atoms with van der Waals surface area (Å²) in [5.74, 6) is 0.310. The topological polar surface area (TPSA) is 35.5 Å². The number of carbonyl (C=O) groups is 1. The highest BCUT2D eigenvalue weighted by Gasteiger charge is 2.12. The van der Waals surface area contributed by atoms with Crippen LogP contribution in [0.1, 0.15) is 19.4 Å². The van der Waals surface area contributed by atoms with Crippen molar-refractivity contribution in [2.75, 3.05) is 6.61 Å². The van der Waals surface area contributed by atoms with Crippen LogP contribution < -0.4 is 9.47 Å². The molecule has 1 aromatic carbocycles. The van der Waals surface area contributed by atoms with Crippen molar-refractivity contribution < 1.29 is 23.0 Å². The minimum absolute atomic E-state index is 0.0128. The average Bonchev–Trinajstić information content (AvgIpc) is 2.21. The molecule has 0 fully saturated rings. The molecule has 17 heavy (non-hydrogen) atoms. The highest BCUT2D eigenvalue weighted by atomic mass is 19.3. The lowest BCUT2D eigenvalue weighted by atomic mass is 10.1. The third kappa shape index (κ3) is 4.38. The van der Waals surface area contributed by atoms with Crippen molar-refractivity contribution >= 4 is 5.78 Å². The van der Waals surface area contributed by atoms with Crippen LogP contribution in [0, 0.1) is 0 Å². The summed E-state index contributed by atoms with van der Waals surface area (Å²) in [6, 6.07) is 4.55. The van der Waals surface area contributed by atoms with Crippen LogP contribution in [0.4, 0.5) is 8.78 Å². The summed E-state index contributed by atoms with van der Waals surface area (Å²) in [6.07, 6.45) is 0.0639. The molecule has 5 heteroatoms. The van der Waals surface area contributed by atoms with E-state index in [0.717, 1.165) is 0 Å². The predicted octanol–water partition coefficient (Wildman–Crippen LogP) is 2.82. The summed E-state index contributed by atoms with van der Waals surface area (Å²) in [5.41, 5.74) is 0.432. The van der Waals surface area contributed by atoms with Crippen molar-refractivity contribution in [1.82, 2.24) is 0 Å². The van der Waals surface area contributed by atoms with Crippen LogP contribution in [0.2, 0.25) is 0 Å². The maximum absolute atomic E-state index is 12.2. The Balaban J connectivity index is 2.98. The van der Waals surface area contributed by atoms with Crippen molar-refractivity contribution in [1.29, 1.82) is 0 Å². The summed E-state index contributed by atoms with van der Waals surface area (Å²) in [7, 11) is 0. The van der Waals surface area contributed by atoms with Gasteiger partial charge in [0.1, 0.15) is 17.3 Å². The summed E-state index contributed by atoms with van der Waals surface area (Å²) in [4.78, 5) is 11.0. The van der Waals surface area contributed by atoms with Crippen molar-refractivity contribution in [3.05, 3.63) is 23.8 Å². The van der Waals surface area contributed by atoms with Crippen molar-refractivity contribution in [3.63, 3.8) is 0 Å². The molecular weight excluding hydrogens is 230 g/mol. The second kappa shape index (κ2) is 6.18. The molecule has 1 rings (SSSR count). The Morgan fingerprint density at radius 2 is 2.12 bits per heavy atom. The lowest BCUT2D eigenvalue weighted by Gasteiger charge is -2.12. The minimum atomic E-state index is -2.92. The van der Waals surface area contributed by atoms with Crippen molar-refractivity contribution in [2.24, 2.45) is 0 Å². The molecule has 0 radical (unpaired) electrons. The Bertz CT molecular complexity index is 391. The fourth-order valence-corrected chi connectivity index (χ4v) is 1.41. The molecular formula is C12H14F2O3. The molecule has 0 saturated carbocycles. The number of carbonyl (C=O) groups excluding carboxylic acids is 1. The molecule has 0 spiro atoms. The van der Waals surface area contributed by atoms with Gasteiger partial charge in [-0.2, -0.15) is 8.78 Å². The standard InChI is InChI=1S/C12H14F2O3/c1-3-16-10-5-4-9(6-8(2)15)11(7-10)17-12(13)14/h4-5,7,12H,3,6H2,1-2H3. The fourth-order valence-electron chi connectivity index (χ4n) is 1.41. The molecule has 1 aromatic rings. The second-order valence-corrected chi connectivity index (χ2v) is 3.46. The van der Waals surface area contributed by atoms with Gasteiger partial charge in [-0.05, 0) is 19.9 Å². The molecule has 0 aromatic heterocycles. The summed E-state index contributed by atoms with van der Waals surface area (Å²) in [5, 5.41) is 0. The van der Waals surface area contributed by atoms with Gasteiger partial charge in [0.15, 0.2) is 0 Å². The van der Waals surface area contributed by atoms with Gasteiger partial charge in [-0.3, -0.25) is 4.79 Å². The van der Waals surface area contributed by atoms with Gasteiger partial charge < -0.3 is 9.47 Å². The Kier molecular flexibility index (Phi) is 4.87. The summed E-state index contributed by atoms with van der Waals surface area (Å²) in [6.45, 7) is 0.692. The van der Waals surface area contributed by atoms with E-state index >= 15 is 0 Å². The van der Waals surface area contributed by atoms with Gasteiger partial charge in [-0.15, -0.1) is 0 Å². The van der Waals surface area contributed by atoms with E-state index in [0.29, 0.717) is 17.9 Å². The van der Waals surface area contributed by atoms with Gasteiger partial charge in [-0.25, -0.2) is 0 Å². The van der Waals surface area contributed by atoms with E-state index in [2.05, 4.69) is 4.74 Å². The van der Waals surface area contributed by atoms with E-state index in [4.69, 9.17) is 4.74 Å². The van der Waals surface area contributed by atoms with Gasteiger partial charge in [0.25, 0.3) is 0 Å². The van der Waals surface area contributed by atoms with Crippen molar-refractivity contribution in [3.8, 4) is 11.5 Å². The zero-order valence-electron chi connectivity index (χ0n) is 9.70. The number of hydrogen-bond acceptors (Lipinski definition) is 3. The predicted molar refractivity (Wildman–Crippen MR) is 58.6 cm³/mol. The number of ether oxygens (including phenoxy) is 2. The Morgan fingerprint density at radius 1 is 1.41 bits per heavy atom. The third-order valence-corrected chi connectivity index (χ3v) is 2.01. The summed E-state index contributed by atoms with van der Waals surface area (Å²) < 4.78 is 34.0.